The summed E-state index contributed by atoms with van der Waals surface area (Å²) in [5.41, 5.74) is 3.55. The number of aryl methyl sites for hydroxylation is 1. The predicted octanol–water partition coefficient (Wildman–Crippen LogP) is -0.648. The van der Waals surface area contributed by atoms with Crippen molar-refractivity contribution in [1.29, 1.82) is 0 Å². The molecule has 0 saturated heterocycles. The van der Waals surface area contributed by atoms with Crippen LogP contribution in [0.1, 0.15) is 0 Å². The third kappa shape index (κ3) is 3.13. The SMILES string of the molecule is Cn1nccc1[As]c1nccc(-c2cc(F)nc(NN)c2)n1. The molecule has 3 rings (SSSR count). The summed E-state index contributed by atoms with van der Waals surface area (Å²) in [6.07, 6.45) is 3.41. The summed E-state index contributed by atoms with van der Waals surface area (Å²) in [5, 5.41) is 4.13. The number of hydrazine groups is 1. The molecule has 9 heteroatoms. The topological polar surface area (TPSA) is 94.5 Å². The monoisotopic (exact) mass is 360 g/mol. The summed E-state index contributed by atoms with van der Waals surface area (Å²) in [4.78, 5) is 12.4. The number of nitrogens with one attached hydrogen (secondary N) is 1. The van der Waals surface area contributed by atoms with Crippen LogP contribution < -0.4 is 20.4 Å². The van der Waals surface area contributed by atoms with Gasteiger partial charge < -0.3 is 0 Å². The number of halogens is 1. The van der Waals surface area contributed by atoms with Gasteiger partial charge in [-0.2, -0.15) is 0 Å². The number of nitrogens with zero attached hydrogens (tertiary/aromatic N) is 5. The number of nitrogen functional groups attached to an aromatic ring is 1. The van der Waals surface area contributed by atoms with Crippen LogP contribution in [0.15, 0.2) is 36.7 Å². The predicted molar refractivity (Wildman–Crippen MR) is 81.3 cm³/mol. The molecule has 3 N–H and O–H groups in total. The van der Waals surface area contributed by atoms with Crippen LogP contribution in [-0.2, 0) is 7.05 Å². The Bertz CT molecular complexity index is 805. The average Bonchev–Trinajstić information content (AvgIpc) is 2.92. The molecule has 7 nitrogen and oxygen atoms in total. The van der Waals surface area contributed by atoms with E-state index in [-0.39, 0.29) is 5.82 Å². The number of pyridine rings is 1. The molecule has 3 aromatic heterocycles. The fraction of sp³-hybridized carbons (Fsp3) is 0.0769. The van der Waals surface area contributed by atoms with Crippen molar-refractivity contribution >= 4 is 30.7 Å². The van der Waals surface area contributed by atoms with Crippen molar-refractivity contribution in [1.82, 2.24) is 24.7 Å². The van der Waals surface area contributed by atoms with Crippen molar-refractivity contribution in [2.45, 2.75) is 0 Å². The van der Waals surface area contributed by atoms with Crippen molar-refractivity contribution < 1.29 is 4.39 Å². The molecule has 0 aliphatic carbocycles. The van der Waals surface area contributed by atoms with Gasteiger partial charge in [-0.25, -0.2) is 0 Å². The number of hydrogen-bond donors (Lipinski definition) is 2. The van der Waals surface area contributed by atoms with E-state index in [2.05, 4.69) is 25.5 Å². The summed E-state index contributed by atoms with van der Waals surface area (Å²) in [7, 11) is 1.88. The van der Waals surface area contributed by atoms with E-state index in [0.29, 0.717) is 11.3 Å². The third-order valence-corrected chi connectivity index (χ3v) is 5.16. The normalized spacial score (nSPS) is 11.2. The molecule has 0 spiro atoms. The first-order valence-electron chi connectivity index (χ1n) is 6.33. The van der Waals surface area contributed by atoms with E-state index in [0.717, 1.165) is 9.09 Å². The average molecular weight is 360 g/mol. The number of rotatable bonds is 4. The molecule has 0 saturated carbocycles. The molecule has 111 valence electrons. The third-order valence-electron chi connectivity index (χ3n) is 2.89. The Morgan fingerprint density at radius 3 is 2.82 bits per heavy atom. The van der Waals surface area contributed by atoms with Crippen molar-refractivity contribution in [2.75, 3.05) is 5.43 Å². The summed E-state index contributed by atoms with van der Waals surface area (Å²) >= 11 is -0.393. The second-order valence-electron chi connectivity index (χ2n) is 4.37. The summed E-state index contributed by atoms with van der Waals surface area (Å²) in [6, 6.07) is 6.62. The van der Waals surface area contributed by atoms with Crippen LogP contribution in [-0.4, -0.2) is 40.5 Å². The van der Waals surface area contributed by atoms with Gasteiger partial charge in [0.1, 0.15) is 0 Å². The molecule has 0 amide bonds. The van der Waals surface area contributed by atoms with E-state index in [1.54, 1.807) is 29.2 Å². The first-order chi connectivity index (χ1) is 10.7. The van der Waals surface area contributed by atoms with Gasteiger partial charge in [-0.1, -0.05) is 0 Å². The Morgan fingerprint density at radius 2 is 2.09 bits per heavy atom. The first-order valence-corrected chi connectivity index (χ1v) is 8.21. The van der Waals surface area contributed by atoms with Gasteiger partial charge in [-0.15, -0.1) is 0 Å². The zero-order chi connectivity index (χ0) is 15.5. The van der Waals surface area contributed by atoms with Crippen LogP contribution in [0.5, 0.6) is 0 Å². The van der Waals surface area contributed by atoms with E-state index in [9.17, 15) is 4.39 Å². The zero-order valence-corrected chi connectivity index (χ0v) is 13.5. The van der Waals surface area contributed by atoms with Gasteiger partial charge in [0.05, 0.1) is 0 Å². The van der Waals surface area contributed by atoms with Gasteiger partial charge in [0.2, 0.25) is 0 Å². The Hall–Kier alpha value is -2.31. The molecule has 3 aromatic rings. The van der Waals surface area contributed by atoms with Gasteiger partial charge in [0, 0.05) is 0 Å². The van der Waals surface area contributed by atoms with Crippen LogP contribution in [0, 0.1) is 5.95 Å². The van der Waals surface area contributed by atoms with Crippen molar-refractivity contribution in [3.05, 3.63) is 42.6 Å². The van der Waals surface area contributed by atoms with E-state index in [4.69, 9.17) is 5.84 Å². The molecule has 0 unspecified atom stereocenters. The van der Waals surface area contributed by atoms with Crippen LogP contribution >= 0.6 is 0 Å². The second-order valence-corrected chi connectivity index (χ2v) is 6.64. The Balaban J connectivity index is 1.94. The Kier molecular flexibility index (Phi) is 4.13. The molecule has 3 heterocycles. The van der Waals surface area contributed by atoms with Crippen molar-refractivity contribution in [3.8, 4) is 11.3 Å². The number of hydrogen-bond acceptors (Lipinski definition) is 6. The minimum absolute atomic E-state index is 0.245. The summed E-state index contributed by atoms with van der Waals surface area (Å²) in [5.74, 6) is 4.91. The zero-order valence-electron chi connectivity index (χ0n) is 11.6. The molecule has 0 atom stereocenters. The Morgan fingerprint density at radius 1 is 1.23 bits per heavy atom. The maximum atomic E-state index is 13.5. The van der Waals surface area contributed by atoms with Crippen LogP contribution in [0.4, 0.5) is 10.2 Å². The van der Waals surface area contributed by atoms with E-state index >= 15 is 0 Å². The van der Waals surface area contributed by atoms with Gasteiger partial charge >= 0.3 is 132 Å². The van der Waals surface area contributed by atoms with Crippen molar-refractivity contribution in [2.24, 2.45) is 12.9 Å². The van der Waals surface area contributed by atoms with Crippen LogP contribution in [0.2, 0.25) is 0 Å². The first kappa shape index (κ1) is 14.6. The van der Waals surface area contributed by atoms with Crippen LogP contribution in [0.3, 0.4) is 0 Å². The molecule has 0 aromatic carbocycles. The fourth-order valence-electron chi connectivity index (χ4n) is 1.86. The molecule has 1 radical (unpaired) electrons. The molecular formula is C13H12AsFN7. The standard InChI is InChI=1S/C13H12AsFN7/c1-22-10(3-5-18-22)14-13-17-4-2-9(19-13)8-6-11(15)20-12(7-8)21-16/h2-7H,16H2,1H3,(H,20,21). The summed E-state index contributed by atoms with van der Waals surface area (Å²) in [6.45, 7) is 0. The quantitative estimate of drug-likeness (QED) is 0.278. The van der Waals surface area contributed by atoms with Gasteiger partial charge in [-0.05, 0) is 0 Å². The molecular weight excluding hydrogens is 348 g/mol. The Labute approximate surface area is 132 Å². The minimum atomic E-state index is -0.620. The van der Waals surface area contributed by atoms with E-state index in [1.165, 1.54) is 6.07 Å². The molecule has 0 aliphatic heterocycles. The van der Waals surface area contributed by atoms with Gasteiger partial charge in [0.25, 0.3) is 0 Å². The number of aromatic nitrogens is 5. The molecule has 0 fully saturated rings. The van der Waals surface area contributed by atoms with E-state index < -0.39 is 21.7 Å². The summed E-state index contributed by atoms with van der Waals surface area (Å²) < 4.78 is 17.1. The molecule has 0 aliphatic rings. The van der Waals surface area contributed by atoms with E-state index in [1.807, 2.05) is 13.1 Å². The fourth-order valence-corrected chi connectivity index (χ4v) is 3.59. The molecule has 22 heavy (non-hydrogen) atoms. The number of anilines is 1. The molecule has 0 bridgehead atoms. The second kappa shape index (κ2) is 6.21. The number of nitrogens with two attached hydrogens (primary N) is 1. The van der Waals surface area contributed by atoms with Crippen molar-refractivity contribution in [3.63, 3.8) is 0 Å². The van der Waals surface area contributed by atoms with Crippen LogP contribution in [0.25, 0.3) is 11.3 Å². The maximum absolute atomic E-state index is 13.5. The van der Waals surface area contributed by atoms with Gasteiger partial charge in [0.15, 0.2) is 0 Å². The van der Waals surface area contributed by atoms with Gasteiger partial charge in [-0.3, -0.25) is 0 Å².